The molecule has 0 unspecified atom stereocenters. The third-order valence-corrected chi connectivity index (χ3v) is 4.13. The lowest BCUT2D eigenvalue weighted by Crippen LogP contribution is -2.21. The van der Waals surface area contributed by atoms with Crippen molar-refractivity contribution in [3.8, 4) is 0 Å². The van der Waals surface area contributed by atoms with Crippen LogP contribution in [-0.4, -0.2) is 42.1 Å². The van der Waals surface area contributed by atoms with Crippen LogP contribution in [0.2, 0.25) is 0 Å². The Kier molecular flexibility index (Phi) is 5.24. The number of carbonyl (C=O) groups excluding carboxylic acids is 2. The summed E-state index contributed by atoms with van der Waals surface area (Å²) in [7, 11) is 0. The van der Waals surface area contributed by atoms with Gasteiger partial charge in [0.05, 0.1) is 16.8 Å². The number of benzene rings is 2. The molecule has 3 N–H and O–H groups in total. The Morgan fingerprint density at radius 2 is 1.87 bits per heavy atom. The Morgan fingerprint density at radius 1 is 1.07 bits per heavy atom. The van der Waals surface area contributed by atoms with E-state index < -0.39 is 11.9 Å². The van der Waals surface area contributed by atoms with Gasteiger partial charge in [0.15, 0.2) is 12.4 Å². The zero-order valence-electron chi connectivity index (χ0n) is 15.6. The van der Waals surface area contributed by atoms with Gasteiger partial charge in [-0.25, -0.2) is 19.4 Å². The Hall–Kier alpha value is -4.41. The molecule has 2 heterocycles. The average Bonchev–Trinajstić information content (AvgIpc) is 3.25. The van der Waals surface area contributed by atoms with Crippen molar-refractivity contribution in [3.05, 3.63) is 66.2 Å². The molecular formula is C19H16N8O3. The van der Waals surface area contributed by atoms with Crippen molar-refractivity contribution in [1.29, 1.82) is 0 Å². The number of esters is 1. The lowest BCUT2D eigenvalue weighted by Gasteiger charge is -2.11. The number of carbonyl (C=O) groups is 2. The number of tetrazole rings is 1. The fourth-order valence-electron chi connectivity index (χ4n) is 2.78. The molecule has 0 fully saturated rings. The van der Waals surface area contributed by atoms with E-state index in [-0.39, 0.29) is 24.5 Å². The predicted molar refractivity (Wildman–Crippen MR) is 106 cm³/mol. The van der Waals surface area contributed by atoms with Crippen LogP contribution in [0.1, 0.15) is 16.2 Å². The monoisotopic (exact) mass is 404 g/mol. The molecule has 4 rings (SSSR count). The Morgan fingerprint density at radius 3 is 2.70 bits per heavy atom. The van der Waals surface area contributed by atoms with Crippen LogP contribution in [0.4, 0.5) is 11.5 Å². The van der Waals surface area contributed by atoms with Gasteiger partial charge in [0.25, 0.3) is 0 Å². The number of fused-ring (bicyclic) bond motifs is 1. The molecule has 4 aromatic rings. The summed E-state index contributed by atoms with van der Waals surface area (Å²) in [4.78, 5) is 33.3. The molecule has 0 aliphatic rings. The zero-order chi connectivity index (χ0) is 20.9. The van der Waals surface area contributed by atoms with Crippen LogP contribution in [0.5, 0.6) is 0 Å². The van der Waals surface area contributed by atoms with Gasteiger partial charge in [-0.1, -0.05) is 24.3 Å². The summed E-state index contributed by atoms with van der Waals surface area (Å²) >= 11 is 0. The third kappa shape index (κ3) is 4.19. The molecular weight excluding hydrogens is 388 g/mol. The number of nitrogen functional groups attached to an aromatic ring is 1. The molecule has 0 aliphatic heterocycles. The maximum absolute atomic E-state index is 12.6. The molecule has 0 saturated carbocycles. The molecule has 11 nitrogen and oxygen atoms in total. The number of amides is 1. The van der Waals surface area contributed by atoms with E-state index in [1.54, 1.807) is 30.3 Å². The van der Waals surface area contributed by atoms with E-state index in [9.17, 15) is 9.59 Å². The fraction of sp³-hybridized carbons (Fsp3) is 0.105. The van der Waals surface area contributed by atoms with Crippen molar-refractivity contribution in [1.82, 2.24) is 30.2 Å². The molecule has 150 valence electrons. The number of nitrogens with zero attached hydrogens (tertiary/aromatic N) is 6. The number of rotatable bonds is 6. The second-order valence-corrected chi connectivity index (χ2v) is 6.22. The number of anilines is 2. The molecule has 0 bridgehead atoms. The molecule has 0 radical (unpaired) electrons. The second kappa shape index (κ2) is 8.31. The smallest absolute Gasteiger partial charge is 0.340 e. The lowest BCUT2D eigenvalue weighted by atomic mass is 10.2. The number of nitrogens with two attached hydrogens (primary N) is 1. The summed E-state index contributed by atoms with van der Waals surface area (Å²) < 4.78 is 6.60. The lowest BCUT2D eigenvalue weighted by molar-refractivity contribution is -0.116. The first-order valence-corrected chi connectivity index (χ1v) is 8.88. The minimum absolute atomic E-state index is 0.0966. The van der Waals surface area contributed by atoms with Gasteiger partial charge < -0.3 is 15.8 Å². The predicted octanol–water partition coefficient (Wildman–Crippen LogP) is 1.19. The number of aromatic nitrogens is 6. The SMILES string of the molecule is Nc1nc(COC(=O)c2ccccc2NC(=O)Cn2cnnn2)nc2ccccc12. The first-order chi connectivity index (χ1) is 14.6. The Balaban J connectivity index is 1.45. The van der Waals surface area contributed by atoms with Crippen molar-refractivity contribution < 1.29 is 14.3 Å². The summed E-state index contributed by atoms with van der Waals surface area (Å²) in [6.45, 7) is -0.263. The highest BCUT2D eigenvalue weighted by atomic mass is 16.5. The van der Waals surface area contributed by atoms with Gasteiger partial charge >= 0.3 is 5.97 Å². The van der Waals surface area contributed by atoms with Crippen LogP contribution in [0.15, 0.2) is 54.9 Å². The minimum Gasteiger partial charge on any atom is -0.454 e. The molecule has 11 heteroatoms. The number of hydrogen-bond acceptors (Lipinski definition) is 9. The third-order valence-electron chi connectivity index (χ3n) is 4.13. The van der Waals surface area contributed by atoms with Crippen molar-refractivity contribution in [2.75, 3.05) is 11.1 Å². The van der Waals surface area contributed by atoms with Crippen molar-refractivity contribution in [2.45, 2.75) is 13.2 Å². The van der Waals surface area contributed by atoms with Crippen LogP contribution in [0.3, 0.4) is 0 Å². The number of para-hydroxylation sites is 2. The van der Waals surface area contributed by atoms with E-state index in [1.165, 1.54) is 11.0 Å². The minimum atomic E-state index is -0.636. The molecule has 0 atom stereocenters. The summed E-state index contributed by atoms with van der Waals surface area (Å²) in [5.41, 5.74) is 7.11. The molecule has 0 aliphatic carbocycles. The highest BCUT2D eigenvalue weighted by Gasteiger charge is 2.16. The van der Waals surface area contributed by atoms with Gasteiger partial charge in [-0.05, 0) is 34.7 Å². The molecule has 0 spiro atoms. The Bertz CT molecular complexity index is 1210. The quantitative estimate of drug-likeness (QED) is 0.452. The molecule has 1 amide bonds. The maximum Gasteiger partial charge on any atom is 0.340 e. The maximum atomic E-state index is 12.6. The molecule has 0 saturated heterocycles. The van der Waals surface area contributed by atoms with E-state index in [0.29, 0.717) is 17.0 Å². The van der Waals surface area contributed by atoms with Crippen LogP contribution in [-0.2, 0) is 22.7 Å². The van der Waals surface area contributed by atoms with E-state index >= 15 is 0 Å². The normalized spacial score (nSPS) is 10.7. The molecule has 2 aromatic heterocycles. The van der Waals surface area contributed by atoms with Crippen LogP contribution in [0.25, 0.3) is 10.9 Å². The van der Waals surface area contributed by atoms with Gasteiger partial charge in [-0.2, -0.15) is 0 Å². The first-order valence-electron chi connectivity index (χ1n) is 8.88. The molecule has 2 aromatic carbocycles. The van der Waals surface area contributed by atoms with Gasteiger partial charge in [0.2, 0.25) is 5.91 Å². The van der Waals surface area contributed by atoms with Crippen molar-refractivity contribution >= 4 is 34.3 Å². The highest BCUT2D eigenvalue weighted by Crippen LogP contribution is 2.19. The van der Waals surface area contributed by atoms with Gasteiger partial charge in [0.1, 0.15) is 18.7 Å². The van der Waals surface area contributed by atoms with E-state index in [0.717, 1.165) is 5.39 Å². The van der Waals surface area contributed by atoms with Gasteiger partial charge in [-0.15, -0.1) is 5.10 Å². The zero-order valence-corrected chi connectivity index (χ0v) is 15.6. The number of nitrogens with one attached hydrogen (secondary N) is 1. The second-order valence-electron chi connectivity index (χ2n) is 6.22. The number of ether oxygens (including phenoxy) is 1. The summed E-state index contributed by atoms with van der Waals surface area (Å²) in [6, 6.07) is 13.8. The molecule has 30 heavy (non-hydrogen) atoms. The summed E-state index contributed by atoms with van der Waals surface area (Å²) in [5.74, 6) is -0.446. The van der Waals surface area contributed by atoms with Crippen LogP contribution < -0.4 is 11.1 Å². The highest BCUT2D eigenvalue weighted by molar-refractivity contribution is 6.01. The number of hydrogen-bond donors (Lipinski definition) is 2. The summed E-state index contributed by atoms with van der Waals surface area (Å²) in [6.07, 6.45) is 1.31. The van der Waals surface area contributed by atoms with Gasteiger partial charge in [0, 0.05) is 5.39 Å². The van der Waals surface area contributed by atoms with Gasteiger partial charge in [-0.3, -0.25) is 4.79 Å². The average molecular weight is 404 g/mol. The van der Waals surface area contributed by atoms with Crippen LogP contribution >= 0.6 is 0 Å². The summed E-state index contributed by atoms with van der Waals surface area (Å²) in [5, 5.41) is 13.9. The van der Waals surface area contributed by atoms with Crippen molar-refractivity contribution in [3.63, 3.8) is 0 Å². The first kappa shape index (κ1) is 18.9. The van der Waals surface area contributed by atoms with E-state index in [1.807, 2.05) is 18.2 Å². The Labute approximate surface area is 169 Å². The topological polar surface area (TPSA) is 151 Å². The largest absolute Gasteiger partial charge is 0.454 e. The standard InChI is InChI=1S/C19H16N8O3/c20-18-12-5-1-3-7-14(12)22-16(24-18)10-30-19(29)13-6-2-4-8-15(13)23-17(28)9-27-11-21-25-26-27/h1-8,11H,9-10H2,(H,23,28)(H2,20,22,24). The van der Waals surface area contributed by atoms with Crippen LogP contribution in [0, 0.1) is 0 Å². The van der Waals surface area contributed by atoms with Crippen molar-refractivity contribution in [2.24, 2.45) is 0 Å². The van der Waals surface area contributed by atoms with E-state index in [2.05, 4.69) is 30.8 Å². The fourth-order valence-corrected chi connectivity index (χ4v) is 2.78. The van der Waals surface area contributed by atoms with E-state index in [4.69, 9.17) is 10.5 Å².